The van der Waals surface area contributed by atoms with E-state index in [0.29, 0.717) is 0 Å². The topological polar surface area (TPSA) is 27.7 Å². The zero-order valence-electron chi connectivity index (χ0n) is 26.5. The molecule has 7 heteroatoms. The van der Waals surface area contributed by atoms with Gasteiger partial charge in [0.15, 0.2) is 0 Å². The summed E-state index contributed by atoms with van der Waals surface area (Å²) in [6.07, 6.45) is 0.870. The molecule has 13 rings (SSSR count). The van der Waals surface area contributed by atoms with Crippen molar-refractivity contribution in [3.05, 3.63) is 132 Å². The third kappa shape index (κ3) is 3.26. The van der Waals surface area contributed by atoms with Crippen LogP contribution in [0.5, 0.6) is 34.5 Å². The molecule has 0 N–H and O–H groups in total. The predicted molar refractivity (Wildman–Crippen MR) is 207 cm³/mol. The van der Waals surface area contributed by atoms with Crippen LogP contribution >= 0.6 is 23.1 Å². The molecule has 0 fully saturated rings. The molecule has 1 aromatic heterocycles. The highest BCUT2D eigenvalue weighted by atomic mass is 32.2. The van der Waals surface area contributed by atoms with Crippen molar-refractivity contribution in [2.75, 3.05) is 0 Å². The molecule has 0 saturated carbocycles. The molecule has 5 aliphatic rings. The Hall–Kier alpha value is -5.36. The lowest BCUT2D eigenvalue weighted by Crippen LogP contribution is -2.61. The smallest absolute Gasteiger partial charge is 0.260 e. The van der Waals surface area contributed by atoms with Gasteiger partial charge in [0, 0.05) is 47.1 Å². The van der Waals surface area contributed by atoms with E-state index in [9.17, 15) is 0 Å². The average Bonchev–Trinajstić information content (AvgIpc) is 3.72. The van der Waals surface area contributed by atoms with Crippen molar-refractivity contribution in [1.82, 2.24) is 0 Å². The Morgan fingerprint density at radius 3 is 2.22 bits per heavy atom. The highest BCUT2D eigenvalue weighted by Crippen LogP contribution is 2.50. The van der Waals surface area contributed by atoms with E-state index in [1.807, 2.05) is 23.1 Å². The van der Waals surface area contributed by atoms with Crippen LogP contribution in [0.25, 0.3) is 31.3 Å². The molecule has 5 heterocycles. The number of hydrogen-bond donors (Lipinski definition) is 0. The van der Waals surface area contributed by atoms with Crippen LogP contribution in [0.3, 0.4) is 0 Å². The van der Waals surface area contributed by atoms with Crippen LogP contribution in [-0.4, -0.2) is 13.4 Å². The first-order valence-corrected chi connectivity index (χ1v) is 18.7. The van der Waals surface area contributed by atoms with E-state index in [4.69, 9.17) is 14.2 Å². The van der Waals surface area contributed by atoms with Crippen LogP contribution in [-0.2, 0) is 6.42 Å². The van der Waals surface area contributed by atoms with Crippen LogP contribution in [0.1, 0.15) is 11.1 Å². The van der Waals surface area contributed by atoms with E-state index in [0.717, 1.165) is 51.8 Å². The van der Waals surface area contributed by atoms with Crippen LogP contribution in [0, 0.1) is 0 Å². The quantitative estimate of drug-likeness (QED) is 0.157. The molecule has 0 amide bonds. The Morgan fingerprint density at radius 1 is 0.520 bits per heavy atom. The Bertz CT molecular complexity index is 2890. The first-order valence-electron chi connectivity index (χ1n) is 17.1. The highest BCUT2D eigenvalue weighted by molar-refractivity contribution is 8.00. The summed E-state index contributed by atoms with van der Waals surface area (Å²) >= 11 is 3.74. The van der Waals surface area contributed by atoms with E-state index in [1.165, 1.54) is 74.1 Å². The van der Waals surface area contributed by atoms with E-state index in [1.54, 1.807) is 0 Å². The van der Waals surface area contributed by atoms with E-state index >= 15 is 0 Å². The summed E-state index contributed by atoms with van der Waals surface area (Å²) in [6.45, 7) is 0.00634. The fourth-order valence-corrected chi connectivity index (χ4v) is 11.8. The Morgan fingerprint density at radius 2 is 1.26 bits per heavy atom. The van der Waals surface area contributed by atoms with Crippen molar-refractivity contribution < 1.29 is 14.2 Å². The molecular formula is C43H22B2O3S2. The van der Waals surface area contributed by atoms with Gasteiger partial charge in [0.1, 0.15) is 34.5 Å². The lowest BCUT2D eigenvalue weighted by Gasteiger charge is -2.37. The van der Waals surface area contributed by atoms with Crippen molar-refractivity contribution in [1.29, 1.82) is 0 Å². The Kier molecular flexibility index (Phi) is 4.90. The van der Waals surface area contributed by atoms with Gasteiger partial charge < -0.3 is 14.2 Å². The minimum absolute atomic E-state index is 0.0329. The zero-order valence-corrected chi connectivity index (χ0v) is 28.1. The summed E-state index contributed by atoms with van der Waals surface area (Å²) in [5.41, 5.74) is 12.3. The second-order valence-corrected chi connectivity index (χ2v) is 16.0. The van der Waals surface area contributed by atoms with Gasteiger partial charge in [0.2, 0.25) is 0 Å². The number of thiophene rings is 1. The van der Waals surface area contributed by atoms with Crippen LogP contribution in [0.15, 0.2) is 131 Å². The molecule has 50 heavy (non-hydrogen) atoms. The van der Waals surface area contributed by atoms with Crippen molar-refractivity contribution in [3.8, 4) is 45.6 Å². The number of benzene rings is 7. The predicted octanol–water partition coefficient (Wildman–Crippen LogP) is 7.44. The molecule has 0 unspecified atom stereocenters. The van der Waals surface area contributed by atoms with Gasteiger partial charge in [-0.1, -0.05) is 102 Å². The normalized spacial score (nSPS) is 14.6. The lowest BCUT2D eigenvalue weighted by molar-refractivity contribution is 0.457. The molecule has 7 aromatic carbocycles. The van der Waals surface area contributed by atoms with Crippen molar-refractivity contribution >= 4 is 89.5 Å². The molecule has 230 valence electrons. The van der Waals surface area contributed by atoms with Crippen LogP contribution < -0.4 is 47.0 Å². The largest absolute Gasteiger partial charge is 0.458 e. The lowest BCUT2D eigenvalue weighted by atomic mass is 9.32. The van der Waals surface area contributed by atoms with E-state index in [2.05, 4.69) is 121 Å². The molecule has 0 bridgehead atoms. The molecule has 0 radical (unpaired) electrons. The number of ether oxygens (including phenoxy) is 3. The molecule has 1 aliphatic carbocycles. The summed E-state index contributed by atoms with van der Waals surface area (Å²) in [7, 11) is 0. The molecule has 4 aliphatic heterocycles. The van der Waals surface area contributed by atoms with Crippen molar-refractivity contribution in [2.45, 2.75) is 16.2 Å². The highest BCUT2D eigenvalue weighted by Gasteiger charge is 2.46. The third-order valence-corrected chi connectivity index (χ3v) is 13.7. The van der Waals surface area contributed by atoms with Crippen LogP contribution in [0.4, 0.5) is 0 Å². The second-order valence-electron chi connectivity index (χ2n) is 13.9. The number of rotatable bonds is 0. The van der Waals surface area contributed by atoms with Gasteiger partial charge in [-0.3, -0.25) is 0 Å². The molecule has 8 aromatic rings. The maximum atomic E-state index is 7.12. The monoisotopic (exact) mass is 672 g/mol. The summed E-state index contributed by atoms with van der Waals surface area (Å²) in [4.78, 5) is 2.62. The van der Waals surface area contributed by atoms with Gasteiger partial charge in [0.25, 0.3) is 13.4 Å². The van der Waals surface area contributed by atoms with E-state index < -0.39 is 0 Å². The number of fused-ring (bicyclic) bond motifs is 16. The fraction of sp³-hybridized carbons (Fsp3) is 0.0233. The summed E-state index contributed by atoms with van der Waals surface area (Å²) in [5, 5.41) is 2.66. The first kappa shape index (κ1) is 26.5. The van der Waals surface area contributed by atoms with Crippen molar-refractivity contribution in [3.63, 3.8) is 0 Å². The second kappa shape index (κ2) is 9.25. The van der Waals surface area contributed by atoms with Gasteiger partial charge in [-0.15, -0.1) is 11.3 Å². The minimum atomic E-state index is -0.0329. The minimum Gasteiger partial charge on any atom is -0.458 e. The Labute approximate surface area is 296 Å². The molecule has 3 nitrogen and oxygen atoms in total. The van der Waals surface area contributed by atoms with Gasteiger partial charge in [0.05, 0.1) is 0 Å². The SMILES string of the molecule is c1ccc2c(c1)Cc1cc3c4c(c1-2)Oc1cc2c(cc1B4c1ccccc1O3)B1c3ccccc3Sc3c1c(cc1sc4ccccc4c31)O2. The molecule has 0 atom stereocenters. The van der Waals surface area contributed by atoms with Gasteiger partial charge >= 0.3 is 0 Å². The maximum absolute atomic E-state index is 7.12. The number of para-hydroxylation sites is 1. The summed E-state index contributed by atoms with van der Waals surface area (Å²) in [6, 6.07) is 44.1. The Balaban J connectivity index is 1.09. The van der Waals surface area contributed by atoms with Gasteiger partial charge in [-0.25, -0.2) is 0 Å². The molecule has 0 saturated heterocycles. The summed E-state index contributed by atoms with van der Waals surface area (Å²) < 4.78 is 23.4. The fourth-order valence-electron chi connectivity index (χ4n) is 9.29. The van der Waals surface area contributed by atoms with Gasteiger partial charge in [-0.2, -0.15) is 0 Å². The first-order chi connectivity index (χ1) is 24.8. The standard InChI is InChI=1S/C43H22B2O3S2/c1-2-10-24-22(9-1)17-23-18-33-40-42(38(23)24)48-32-20-31-28(19-29(32)44(40)26-12-4-6-14-30(26)46-33)45-27-13-5-8-16-36(27)50-43-39-25-11-3-7-15-35(25)49-37(39)21-34(47-31)41(43)45/h1-16,18-21H,17H2. The molecule has 0 spiro atoms. The third-order valence-electron chi connectivity index (χ3n) is 11.3. The zero-order chi connectivity index (χ0) is 32.2. The summed E-state index contributed by atoms with van der Waals surface area (Å²) in [5.74, 6) is 5.39. The maximum Gasteiger partial charge on any atom is 0.260 e. The average molecular weight is 672 g/mol. The number of hydrogen-bond acceptors (Lipinski definition) is 5. The van der Waals surface area contributed by atoms with Gasteiger partial charge in [-0.05, 0) is 75.3 Å². The van der Waals surface area contributed by atoms with Crippen LogP contribution in [0.2, 0.25) is 0 Å². The van der Waals surface area contributed by atoms with E-state index in [-0.39, 0.29) is 13.4 Å². The molecular weight excluding hydrogens is 650 g/mol. The van der Waals surface area contributed by atoms with Crippen molar-refractivity contribution in [2.24, 2.45) is 0 Å².